The molecule has 0 aliphatic rings. The SMILES string of the molecule is C=CC(=O)O.C=CC(=O)O.C=CC(=O)O.[O-][OH+]CC(O)CO. The fraction of sp³-hybridized carbons (Fsp3) is 0.250. The largest absolute Gasteiger partial charge is 0.535 e. The number of hydrogen-bond donors (Lipinski definition) is 5. The second-order valence-electron chi connectivity index (χ2n) is 2.78. The third-order valence-corrected chi connectivity index (χ3v) is 1.02. The van der Waals surface area contributed by atoms with Gasteiger partial charge in [0.15, 0.2) is 6.61 Å². The molecule has 1 atom stereocenters. The van der Waals surface area contributed by atoms with Crippen molar-refractivity contribution in [2.45, 2.75) is 6.10 Å². The van der Waals surface area contributed by atoms with Gasteiger partial charge in [-0.3, -0.25) is 0 Å². The number of carboxylic acids is 3. The van der Waals surface area contributed by atoms with E-state index in [0.717, 1.165) is 18.2 Å². The van der Waals surface area contributed by atoms with Gasteiger partial charge in [-0.25, -0.2) is 14.4 Å². The van der Waals surface area contributed by atoms with Crippen LogP contribution in [0.4, 0.5) is 0 Å². The Morgan fingerprint density at radius 3 is 1.23 bits per heavy atom. The molecule has 22 heavy (non-hydrogen) atoms. The number of rotatable bonds is 6. The van der Waals surface area contributed by atoms with Crippen LogP contribution < -0.4 is 5.26 Å². The van der Waals surface area contributed by atoms with Gasteiger partial charge in [0.05, 0.1) is 6.61 Å². The fourth-order valence-corrected chi connectivity index (χ4v) is 0.144. The Morgan fingerprint density at radius 1 is 0.955 bits per heavy atom. The highest BCUT2D eigenvalue weighted by atomic mass is 17.1. The number of carboxylic acid groups (broad SMARTS) is 3. The van der Waals surface area contributed by atoms with Gasteiger partial charge in [0.2, 0.25) is 0 Å². The lowest BCUT2D eigenvalue weighted by Gasteiger charge is -2.03. The molecule has 0 bridgehead atoms. The highest BCUT2D eigenvalue weighted by Crippen LogP contribution is 1.73. The second kappa shape index (κ2) is 23.6. The number of hydrogen-bond acceptors (Lipinski definition) is 6. The van der Waals surface area contributed by atoms with E-state index in [1.807, 2.05) is 0 Å². The van der Waals surface area contributed by atoms with Crippen molar-refractivity contribution in [3.63, 3.8) is 0 Å². The van der Waals surface area contributed by atoms with Crippen LogP contribution in [0.3, 0.4) is 0 Å². The predicted molar refractivity (Wildman–Crippen MR) is 73.7 cm³/mol. The molecule has 0 aromatic rings. The van der Waals surface area contributed by atoms with Crippen LogP contribution in [0.1, 0.15) is 0 Å². The first-order valence-electron chi connectivity index (χ1n) is 5.26. The third-order valence-electron chi connectivity index (χ3n) is 1.02. The van der Waals surface area contributed by atoms with Crippen LogP contribution >= 0.6 is 0 Å². The maximum absolute atomic E-state index is 9.25. The van der Waals surface area contributed by atoms with Crippen LogP contribution in [-0.4, -0.2) is 67.6 Å². The van der Waals surface area contributed by atoms with Gasteiger partial charge in [-0.15, -0.1) is 0 Å². The van der Waals surface area contributed by atoms with Gasteiger partial charge < -0.3 is 35.7 Å². The first-order valence-corrected chi connectivity index (χ1v) is 5.26. The molecule has 0 fully saturated rings. The summed E-state index contributed by atoms with van der Waals surface area (Å²) in [5, 5.41) is 48.4. The summed E-state index contributed by atoms with van der Waals surface area (Å²) >= 11 is 0. The van der Waals surface area contributed by atoms with Crippen LogP contribution in [-0.2, 0) is 14.4 Å². The smallest absolute Gasteiger partial charge is 0.327 e. The summed E-state index contributed by atoms with van der Waals surface area (Å²) < 4.78 is 0. The summed E-state index contributed by atoms with van der Waals surface area (Å²) in [5.74, 6) is -2.94. The minimum Gasteiger partial charge on any atom is -0.535 e. The average Bonchev–Trinajstić information content (AvgIpc) is 2.49. The molecule has 0 radical (unpaired) electrons. The van der Waals surface area contributed by atoms with Crippen LogP contribution in [0.2, 0.25) is 0 Å². The monoisotopic (exact) mass is 324 g/mol. The molecule has 0 amide bonds. The first-order chi connectivity index (χ1) is 10.1. The summed E-state index contributed by atoms with van der Waals surface area (Å²) in [6.07, 6.45) is 1.53. The van der Waals surface area contributed by atoms with Crippen LogP contribution in [0.25, 0.3) is 0 Å². The molecule has 0 aromatic heterocycles. The zero-order chi connectivity index (χ0) is 18.6. The van der Waals surface area contributed by atoms with E-state index in [1.165, 1.54) is 0 Å². The molecule has 6 N–H and O–H groups in total. The zero-order valence-corrected chi connectivity index (χ0v) is 11.7. The second-order valence-corrected chi connectivity index (χ2v) is 2.78. The van der Waals surface area contributed by atoms with E-state index in [2.05, 4.69) is 24.6 Å². The lowest BCUT2D eigenvalue weighted by Crippen LogP contribution is -2.26. The van der Waals surface area contributed by atoms with Crippen molar-refractivity contribution in [2.75, 3.05) is 13.2 Å². The van der Waals surface area contributed by atoms with Crippen molar-refractivity contribution in [3.8, 4) is 0 Å². The van der Waals surface area contributed by atoms with E-state index in [4.69, 9.17) is 25.5 Å². The molecule has 128 valence electrons. The van der Waals surface area contributed by atoms with E-state index < -0.39 is 30.6 Å². The molecule has 0 spiro atoms. The van der Waals surface area contributed by atoms with Crippen molar-refractivity contribution in [3.05, 3.63) is 38.0 Å². The van der Waals surface area contributed by atoms with Crippen LogP contribution in [0.15, 0.2) is 38.0 Å². The molecule has 0 saturated heterocycles. The molecule has 1 unspecified atom stereocenters. The Morgan fingerprint density at radius 2 is 1.18 bits per heavy atom. The molecular formula is C12H20O10. The summed E-state index contributed by atoms with van der Waals surface area (Å²) in [5.41, 5.74) is 0. The molecule has 10 heteroatoms. The molecule has 10 nitrogen and oxygen atoms in total. The van der Waals surface area contributed by atoms with E-state index >= 15 is 0 Å². The van der Waals surface area contributed by atoms with Gasteiger partial charge in [-0.1, -0.05) is 19.7 Å². The zero-order valence-electron chi connectivity index (χ0n) is 11.7. The Bertz CT molecular complexity index is 294. The van der Waals surface area contributed by atoms with Gasteiger partial charge in [0, 0.05) is 18.2 Å². The molecule has 0 rings (SSSR count). The van der Waals surface area contributed by atoms with Gasteiger partial charge >= 0.3 is 17.9 Å². The van der Waals surface area contributed by atoms with Gasteiger partial charge in [-0.05, 0) is 0 Å². The number of aliphatic hydroxyl groups is 3. The molecular weight excluding hydrogens is 304 g/mol. The van der Waals surface area contributed by atoms with Crippen molar-refractivity contribution >= 4 is 17.9 Å². The fourth-order valence-electron chi connectivity index (χ4n) is 0.144. The van der Waals surface area contributed by atoms with Crippen LogP contribution in [0.5, 0.6) is 0 Å². The highest BCUT2D eigenvalue weighted by molar-refractivity contribution is 5.79. The lowest BCUT2D eigenvalue weighted by molar-refractivity contribution is -0.779. The van der Waals surface area contributed by atoms with Crippen molar-refractivity contribution in [1.82, 2.24) is 0 Å². The van der Waals surface area contributed by atoms with Crippen molar-refractivity contribution in [2.24, 2.45) is 0 Å². The molecule has 0 aliphatic heterocycles. The molecule has 0 aliphatic carbocycles. The topological polar surface area (TPSA) is 188 Å². The van der Waals surface area contributed by atoms with Crippen molar-refractivity contribution < 1.29 is 50.1 Å². The highest BCUT2D eigenvalue weighted by Gasteiger charge is 1.99. The lowest BCUT2D eigenvalue weighted by atomic mass is 10.4. The predicted octanol–water partition coefficient (Wildman–Crippen LogP) is -2.09. The van der Waals surface area contributed by atoms with E-state index in [-0.39, 0.29) is 6.61 Å². The first kappa shape index (κ1) is 27.8. The summed E-state index contributed by atoms with van der Waals surface area (Å²) in [7, 11) is 0. The van der Waals surface area contributed by atoms with Gasteiger partial charge in [0.25, 0.3) is 0 Å². The van der Waals surface area contributed by atoms with Gasteiger partial charge in [0.1, 0.15) is 6.10 Å². The Balaban J connectivity index is -0.0000000995. The average molecular weight is 324 g/mol. The van der Waals surface area contributed by atoms with E-state index in [0.29, 0.717) is 0 Å². The van der Waals surface area contributed by atoms with Crippen molar-refractivity contribution in [1.29, 1.82) is 0 Å². The Kier molecular flexibility index (Phi) is 29.7. The van der Waals surface area contributed by atoms with Gasteiger partial charge in [-0.2, -0.15) is 0 Å². The maximum atomic E-state index is 9.25. The standard InChI is InChI=1S/C3H8O4.3C3H4O2/c4-1-3(5)2-7-6;3*1-2-3(4)5/h3-5,7H,1-2H2;3*2H,1H2,(H,4,5). The quantitative estimate of drug-likeness (QED) is 0.158. The Labute approximate surface area is 126 Å². The number of carbonyl (C=O) groups is 3. The van der Waals surface area contributed by atoms with Crippen LogP contribution in [0, 0.1) is 0 Å². The minimum atomic E-state index is -0.981. The number of aliphatic carboxylic acids is 3. The molecule has 0 saturated carbocycles. The summed E-state index contributed by atoms with van der Waals surface area (Å²) in [6, 6.07) is 0. The van der Waals surface area contributed by atoms with E-state index in [1.54, 1.807) is 0 Å². The van der Waals surface area contributed by atoms with E-state index in [9.17, 15) is 19.6 Å². The maximum Gasteiger partial charge on any atom is 0.327 e. The summed E-state index contributed by atoms with van der Waals surface area (Å²) in [6.45, 7) is 8.26. The molecule has 0 aromatic carbocycles. The Hall–Kier alpha value is -2.53. The summed E-state index contributed by atoms with van der Waals surface area (Å²) in [4.78, 5) is 30.1. The normalized spacial score (nSPS) is 8.86. The minimum absolute atomic E-state index is 0.226. The third kappa shape index (κ3) is 66.1. The molecule has 0 heterocycles. The number of aliphatic hydroxyl groups excluding tert-OH is 2.